The fourth-order valence-corrected chi connectivity index (χ4v) is 3.33. The molecule has 1 aromatic rings. The topological polar surface area (TPSA) is 38.5 Å². The first-order valence-electron chi connectivity index (χ1n) is 7.43. The van der Waals surface area contributed by atoms with Gasteiger partial charge in [-0.1, -0.05) is 30.3 Å². The number of rotatable bonds is 4. The summed E-state index contributed by atoms with van der Waals surface area (Å²) < 4.78 is 5.44. The van der Waals surface area contributed by atoms with Crippen molar-refractivity contribution >= 4 is 0 Å². The summed E-state index contributed by atoms with van der Waals surface area (Å²) in [6, 6.07) is 11.0. The van der Waals surface area contributed by atoms with Gasteiger partial charge in [-0.05, 0) is 30.9 Å². The minimum Gasteiger partial charge on any atom is -0.381 e. The Morgan fingerprint density at radius 1 is 1.21 bits per heavy atom. The van der Waals surface area contributed by atoms with Crippen molar-refractivity contribution in [3.63, 3.8) is 0 Å². The first kappa shape index (κ1) is 13.1. The lowest BCUT2D eigenvalue weighted by Crippen LogP contribution is -2.29. The van der Waals surface area contributed by atoms with Crippen LogP contribution in [0.3, 0.4) is 0 Å². The van der Waals surface area contributed by atoms with E-state index in [0.29, 0.717) is 5.92 Å². The first-order chi connectivity index (χ1) is 9.33. The summed E-state index contributed by atoms with van der Waals surface area (Å²) in [5, 5.41) is 0. The zero-order chi connectivity index (χ0) is 13.1. The van der Waals surface area contributed by atoms with E-state index >= 15 is 0 Å². The van der Waals surface area contributed by atoms with Gasteiger partial charge in [0.1, 0.15) is 0 Å². The van der Waals surface area contributed by atoms with Crippen LogP contribution in [0.15, 0.2) is 30.3 Å². The number of nitrogens with zero attached hydrogens (tertiary/aromatic N) is 1. The fraction of sp³-hybridized carbons (Fsp3) is 0.625. The molecule has 2 N–H and O–H groups in total. The van der Waals surface area contributed by atoms with Crippen LogP contribution in [0.1, 0.15) is 24.3 Å². The Hall–Kier alpha value is -0.900. The molecule has 0 amide bonds. The summed E-state index contributed by atoms with van der Waals surface area (Å²) in [6.07, 6.45) is 2.50. The van der Waals surface area contributed by atoms with Crippen molar-refractivity contribution in [2.75, 3.05) is 32.8 Å². The van der Waals surface area contributed by atoms with Gasteiger partial charge in [0.25, 0.3) is 0 Å². The average molecular weight is 260 g/mol. The highest BCUT2D eigenvalue weighted by molar-refractivity contribution is 5.23. The van der Waals surface area contributed by atoms with E-state index in [9.17, 15) is 0 Å². The second-order valence-corrected chi connectivity index (χ2v) is 5.96. The van der Waals surface area contributed by atoms with Crippen molar-refractivity contribution < 1.29 is 4.74 Å². The maximum atomic E-state index is 6.32. The molecular weight excluding hydrogens is 236 g/mol. The predicted molar refractivity (Wildman–Crippen MR) is 77.1 cm³/mol. The Balaban J connectivity index is 1.53. The molecule has 0 spiro atoms. The second kappa shape index (κ2) is 6.04. The molecule has 3 rings (SSSR count). The Bertz CT molecular complexity index is 389. The van der Waals surface area contributed by atoms with Crippen LogP contribution in [0.2, 0.25) is 0 Å². The lowest BCUT2D eigenvalue weighted by Gasteiger charge is -2.17. The molecule has 0 radical (unpaired) electrons. The summed E-state index contributed by atoms with van der Waals surface area (Å²) in [7, 11) is 0. The van der Waals surface area contributed by atoms with E-state index in [4.69, 9.17) is 10.5 Å². The van der Waals surface area contributed by atoms with Crippen molar-refractivity contribution in [1.82, 2.24) is 4.90 Å². The van der Waals surface area contributed by atoms with E-state index in [1.165, 1.54) is 24.9 Å². The van der Waals surface area contributed by atoms with Crippen molar-refractivity contribution in [2.24, 2.45) is 11.7 Å². The van der Waals surface area contributed by atoms with Crippen LogP contribution < -0.4 is 5.73 Å². The highest BCUT2D eigenvalue weighted by Crippen LogP contribution is 2.27. The number of likely N-dealkylation sites (tertiary alicyclic amines) is 1. The van der Waals surface area contributed by atoms with Crippen LogP contribution in [-0.4, -0.2) is 43.8 Å². The highest BCUT2D eigenvalue weighted by atomic mass is 16.5. The Morgan fingerprint density at radius 2 is 2.05 bits per heavy atom. The third kappa shape index (κ3) is 3.16. The van der Waals surface area contributed by atoms with E-state index in [0.717, 1.165) is 32.2 Å². The maximum Gasteiger partial charge on any atom is 0.0495 e. The monoisotopic (exact) mass is 260 g/mol. The Morgan fingerprint density at radius 3 is 2.79 bits per heavy atom. The smallest absolute Gasteiger partial charge is 0.0495 e. The van der Waals surface area contributed by atoms with Crippen molar-refractivity contribution in [3.8, 4) is 0 Å². The van der Waals surface area contributed by atoms with Gasteiger partial charge in [0, 0.05) is 38.3 Å². The molecule has 2 fully saturated rings. The van der Waals surface area contributed by atoms with Crippen molar-refractivity contribution in [1.29, 1.82) is 0 Å². The summed E-state index contributed by atoms with van der Waals surface area (Å²) in [5.41, 5.74) is 7.71. The van der Waals surface area contributed by atoms with Gasteiger partial charge in [-0.25, -0.2) is 0 Å². The predicted octanol–water partition coefficient (Wildman–Crippen LogP) is 1.84. The quantitative estimate of drug-likeness (QED) is 0.898. The minimum atomic E-state index is 0.280. The van der Waals surface area contributed by atoms with Crippen molar-refractivity contribution in [3.05, 3.63) is 35.9 Å². The highest BCUT2D eigenvalue weighted by Gasteiger charge is 2.31. The molecule has 1 aromatic carbocycles. The number of hydrogen-bond donors (Lipinski definition) is 1. The van der Waals surface area contributed by atoms with E-state index in [1.807, 2.05) is 0 Å². The summed E-state index contributed by atoms with van der Waals surface area (Å²) in [5.74, 6) is 1.27. The van der Waals surface area contributed by atoms with Crippen LogP contribution in [0, 0.1) is 5.92 Å². The fourth-order valence-electron chi connectivity index (χ4n) is 3.33. The van der Waals surface area contributed by atoms with Gasteiger partial charge >= 0.3 is 0 Å². The molecule has 2 saturated heterocycles. The van der Waals surface area contributed by atoms with Crippen LogP contribution >= 0.6 is 0 Å². The average Bonchev–Trinajstić information content (AvgIpc) is 3.07. The molecule has 3 atom stereocenters. The number of nitrogens with two attached hydrogens (primary N) is 1. The standard InChI is InChI=1S/C16H24N2O/c17-16-11-18(8-6-13-7-9-19-12-13)10-15(16)14-4-2-1-3-5-14/h1-5,13,15-16H,6-12,17H2/t13?,15-,16+/m0/s1. The molecule has 1 unspecified atom stereocenters. The summed E-state index contributed by atoms with van der Waals surface area (Å²) >= 11 is 0. The van der Waals surface area contributed by atoms with Crippen LogP contribution in [0.25, 0.3) is 0 Å². The third-order valence-electron chi connectivity index (χ3n) is 4.55. The lowest BCUT2D eigenvalue weighted by atomic mass is 9.95. The van der Waals surface area contributed by atoms with E-state index < -0.39 is 0 Å². The van der Waals surface area contributed by atoms with Crippen LogP contribution in [0.5, 0.6) is 0 Å². The van der Waals surface area contributed by atoms with Gasteiger partial charge in [0.15, 0.2) is 0 Å². The molecule has 104 valence electrons. The molecule has 3 heteroatoms. The van der Waals surface area contributed by atoms with Gasteiger partial charge in [-0.2, -0.15) is 0 Å². The number of hydrogen-bond acceptors (Lipinski definition) is 3. The van der Waals surface area contributed by atoms with Crippen molar-refractivity contribution in [2.45, 2.75) is 24.8 Å². The van der Waals surface area contributed by atoms with Gasteiger partial charge in [0.05, 0.1) is 0 Å². The van der Waals surface area contributed by atoms with E-state index in [1.54, 1.807) is 0 Å². The molecule has 0 saturated carbocycles. The summed E-state index contributed by atoms with van der Waals surface area (Å²) in [6.45, 7) is 5.23. The molecule has 0 bridgehead atoms. The molecular formula is C16H24N2O. The van der Waals surface area contributed by atoms with Crippen LogP contribution in [0.4, 0.5) is 0 Å². The summed E-state index contributed by atoms with van der Waals surface area (Å²) in [4.78, 5) is 2.53. The molecule has 2 aliphatic rings. The van der Waals surface area contributed by atoms with E-state index in [-0.39, 0.29) is 6.04 Å². The zero-order valence-corrected chi connectivity index (χ0v) is 11.5. The number of benzene rings is 1. The minimum absolute atomic E-state index is 0.280. The molecule has 2 heterocycles. The normalized spacial score (nSPS) is 31.9. The number of ether oxygens (including phenoxy) is 1. The van der Waals surface area contributed by atoms with Gasteiger partial charge in [-0.15, -0.1) is 0 Å². The molecule has 3 nitrogen and oxygen atoms in total. The molecule has 0 aromatic heterocycles. The lowest BCUT2D eigenvalue weighted by molar-refractivity contribution is 0.180. The first-order valence-corrected chi connectivity index (χ1v) is 7.43. The molecule has 19 heavy (non-hydrogen) atoms. The largest absolute Gasteiger partial charge is 0.381 e. The van der Waals surface area contributed by atoms with Gasteiger partial charge in [-0.3, -0.25) is 0 Å². The molecule has 2 aliphatic heterocycles. The van der Waals surface area contributed by atoms with Crippen LogP contribution in [-0.2, 0) is 4.74 Å². The van der Waals surface area contributed by atoms with E-state index in [2.05, 4.69) is 35.2 Å². The maximum absolute atomic E-state index is 6.32. The van der Waals surface area contributed by atoms with Gasteiger partial charge in [0.2, 0.25) is 0 Å². The zero-order valence-electron chi connectivity index (χ0n) is 11.5. The third-order valence-corrected chi connectivity index (χ3v) is 4.55. The second-order valence-electron chi connectivity index (χ2n) is 5.96. The Kier molecular flexibility index (Phi) is 4.16. The SMILES string of the molecule is N[C@@H]1CN(CCC2CCOC2)C[C@H]1c1ccccc1. The molecule has 0 aliphatic carbocycles. The Labute approximate surface area is 115 Å². The van der Waals surface area contributed by atoms with Gasteiger partial charge < -0.3 is 15.4 Å².